The van der Waals surface area contributed by atoms with Gasteiger partial charge in [-0.1, -0.05) is 0 Å². The predicted octanol–water partition coefficient (Wildman–Crippen LogP) is 2.36. The second kappa shape index (κ2) is 5.76. The molecule has 1 saturated carbocycles. The summed E-state index contributed by atoms with van der Waals surface area (Å²) >= 11 is 0. The molecule has 6 heteroatoms. The van der Waals surface area contributed by atoms with Gasteiger partial charge >= 0.3 is 0 Å². The first-order valence-corrected chi connectivity index (χ1v) is 8.85. The fraction of sp³-hybridized carbons (Fsp3) is 0.611. The van der Waals surface area contributed by atoms with E-state index in [1.807, 2.05) is 35.7 Å². The molecule has 4 rings (SSSR count). The molecular formula is C18H25N5O. The van der Waals surface area contributed by atoms with E-state index in [1.165, 1.54) is 24.4 Å². The number of rotatable bonds is 4. The average Bonchev–Trinajstić information content (AvgIpc) is 2.99. The highest BCUT2D eigenvalue weighted by Crippen LogP contribution is 2.41. The van der Waals surface area contributed by atoms with Crippen molar-refractivity contribution in [2.45, 2.75) is 58.5 Å². The molecule has 0 aromatic carbocycles. The third-order valence-electron chi connectivity index (χ3n) is 5.22. The number of carbonyl (C=O) groups excluding carboxylic acids is 1. The fourth-order valence-electron chi connectivity index (χ4n) is 3.83. The maximum atomic E-state index is 12.6. The van der Waals surface area contributed by atoms with Crippen molar-refractivity contribution in [1.82, 2.24) is 24.2 Å². The Balaban J connectivity index is 1.45. The van der Waals surface area contributed by atoms with Gasteiger partial charge in [-0.05, 0) is 46.1 Å². The molecule has 1 aliphatic carbocycles. The van der Waals surface area contributed by atoms with Gasteiger partial charge in [0.05, 0.1) is 11.7 Å². The van der Waals surface area contributed by atoms with Gasteiger partial charge in [0, 0.05) is 36.6 Å². The number of likely N-dealkylation sites (tertiary alicyclic amines) is 1. The van der Waals surface area contributed by atoms with Crippen LogP contribution in [0.2, 0.25) is 0 Å². The van der Waals surface area contributed by atoms with Crippen LogP contribution in [0.3, 0.4) is 0 Å². The molecule has 24 heavy (non-hydrogen) atoms. The Labute approximate surface area is 142 Å². The van der Waals surface area contributed by atoms with Crippen LogP contribution in [-0.4, -0.2) is 43.2 Å². The lowest BCUT2D eigenvalue weighted by molar-refractivity contribution is -0.131. The number of amides is 1. The topological polar surface area (TPSA) is 56.0 Å². The molecule has 2 aromatic heterocycles. The second-order valence-electron chi connectivity index (χ2n) is 7.27. The summed E-state index contributed by atoms with van der Waals surface area (Å²) in [7, 11) is 0. The van der Waals surface area contributed by atoms with Crippen LogP contribution in [0.4, 0.5) is 0 Å². The molecule has 2 aliphatic rings. The molecule has 1 amide bonds. The Bertz CT molecular complexity index is 770. The summed E-state index contributed by atoms with van der Waals surface area (Å²) in [6.45, 7) is 8.03. The van der Waals surface area contributed by atoms with Crippen molar-refractivity contribution in [2.75, 3.05) is 13.1 Å². The van der Waals surface area contributed by atoms with Crippen molar-refractivity contribution in [2.24, 2.45) is 0 Å². The Morgan fingerprint density at radius 1 is 1.21 bits per heavy atom. The first-order valence-electron chi connectivity index (χ1n) is 8.85. The fourth-order valence-corrected chi connectivity index (χ4v) is 3.83. The van der Waals surface area contributed by atoms with Gasteiger partial charge in [-0.25, -0.2) is 4.98 Å². The number of nitrogens with zero attached hydrogens (tertiary/aromatic N) is 5. The third kappa shape index (κ3) is 2.74. The monoisotopic (exact) mass is 327 g/mol. The van der Waals surface area contributed by atoms with Crippen molar-refractivity contribution in [3.63, 3.8) is 0 Å². The molecule has 0 bridgehead atoms. The molecule has 128 valence electrons. The standard InChI is InChI=1S/C18H25N5O/c1-12-8-13(2)22(20-12)11-17(24)21-7-6-16(10-21)23-14(3)9-19-18(23)15-4-5-15/h8-9,15-16H,4-7,10-11H2,1-3H3. The van der Waals surface area contributed by atoms with Crippen LogP contribution in [-0.2, 0) is 11.3 Å². The van der Waals surface area contributed by atoms with E-state index in [0.29, 0.717) is 18.5 Å². The molecule has 0 spiro atoms. The Morgan fingerprint density at radius 2 is 2.00 bits per heavy atom. The molecule has 1 aliphatic heterocycles. The summed E-state index contributed by atoms with van der Waals surface area (Å²) in [6.07, 6.45) is 5.50. The number of aryl methyl sites for hydroxylation is 3. The normalized spacial score (nSPS) is 20.8. The second-order valence-corrected chi connectivity index (χ2v) is 7.27. The van der Waals surface area contributed by atoms with Crippen molar-refractivity contribution in [3.8, 4) is 0 Å². The summed E-state index contributed by atoms with van der Waals surface area (Å²) in [5, 5.41) is 4.40. The quantitative estimate of drug-likeness (QED) is 0.866. The minimum absolute atomic E-state index is 0.162. The number of hydrogen-bond acceptors (Lipinski definition) is 3. The van der Waals surface area contributed by atoms with Crippen LogP contribution in [0, 0.1) is 20.8 Å². The first kappa shape index (κ1) is 15.4. The minimum atomic E-state index is 0.162. The van der Waals surface area contributed by atoms with Crippen LogP contribution in [0.1, 0.15) is 54.1 Å². The van der Waals surface area contributed by atoms with Crippen LogP contribution >= 0.6 is 0 Å². The Kier molecular flexibility index (Phi) is 3.70. The molecule has 1 saturated heterocycles. The highest BCUT2D eigenvalue weighted by molar-refractivity contribution is 5.76. The number of aromatic nitrogens is 4. The average molecular weight is 327 g/mol. The van der Waals surface area contributed by atoms with E-state index < -0.39 is 0 Å². The first-order chi connectivity index (χ1) is 11.5. The van der Waals surface area contributed by atoms with E-state index in [0.717, 1.165) is 30.9 Å². The largest absolute Gasteiger partial charge is 0.339 e. The molecular weight excluding hydrogens is 302 g/mol. The zero-order valence-corrected chi connectivity index (χ0v) is 14.7. The maximum Gasteiger partial charge on any atom is 0.244 e. The van der Waals surface area contributed by atoms with Crippen molar-refractivity contribution in [3.05, 3.63) is 35.2 Å². The van der Waals surface area contributed by atoms with E-state index in [9.17, 15) is 4.79 Å². The van der Waals surface area contributed by atoms with E-state index in [-0.39, 0.29) is 5.91 Å². The van der Waals surface area contributed by atoms with Gasteiger partial charge in [0.25, 0.3) is 0 Å². The lowest BCUT2D eigenvalue weighted by Gasteiger charge is -2.20. The molecule has 6 nitrogen and oxygen atoms in total. The highest BCUT2D eigenvalue weighted by atomic mass is 16.2. The maximum absolute atomic E-state index is 12.6. The number of hydrogen-bond donors (Lipinski definition) is 0. The van der Waals surface area contributed by atoms with Crippen molar-refractivity contribution in [1.29, 1.82) is 0 Å². The Morgan fingerprint density at radius 3 is 2.67 bits per heavy atom. The summed E-state index contributed by atoms with van der Waals surface area (Å²) in [6, 6.07) is 2.38. The van der Waals surface area contributed by atoms with Gasteiger partial charge in [-0.2, -0.15) is 5.10 Å². The van der Waals surface area contributed by atoms with Gasteiger partial charge in [-0.15, -0.1) is 0 Å². The summed E-state index contributed by atoms with van der Waals surface area (Å²) in [5.41, 5.74) is 3.22. The van der Waals surface area contributed by atoms with Crippen LogP contribution in [0.25, 0.3) is 0 Å². The summed E-state index contributed by atoms with van der Waals surface area (Å²) < 4.78 is 4.19. The van der Waals surface area contributed by atoms with Crippen LogP contribution in [0.15, 0.2) is 12.3 Å². The smallest absolute Gasteiger partial charge is 0.244 e. The Hall–Kier alpha value is -2.11. The van der Waals surface area contributed by atoms with E-state index in [4.69, 9.17) is 0 Å². The zero-order valence-electron chi connectivity index (χ0n) is 14.7. The molecule has 2 aromatic rings. The molecule has 0 N–H and O–H groups in total. The van der Waals surface area contributed by atoms with Gasteiger partial charge in [0.2, 0.25) is 5.91 Å². The zero-order chi connectivity index (χ0) is 16.8. The van der Waals surface area contributed by atoms with E-state index >= 15 is 0 Å². The van der Waals surface area contributed by atoms with Crippen LogP contribution in [0.5, 0.6) is 0 Å². The molecule has 3 heterocycles. The molecule has 0 radical (unpaired) electrons. The lowest BCUT2D eigenvalue weighted by atomic mass is 10.2. The lowest BCUT2D eigenvalue weighted by Crippen LogP contribution is -2.33. The summed E-state index contributed by atoms with van der Waals surface area (Å²) in [5.74, 6) is 2.03. The number of imidazole rings is 1. The van der Waals surface area contributed by atoms with Crippen molar-refractivity contribution >= 4 is 5.91 Å². The van der Waals surface area contributed by atoms with Crippen molar-refractivity contribution < 1.29 is 4.79 Å². The van der Waals surface area contributed by atoms with Gasteiger partial charge in [0.1, 0.15) is 12.4 Å². The van der Waals surface area contributed by atoms with Crippen LogP contribution < -0.4 is 0 Å². The summed E-state index contributed by atoms with van der Waals surface area (Å²) in [4.78, 5) is 19.3. The minimum Gasteiger partial charge on any atom is -0.339 e. The number of carbonyl (C=O) groups is 1. The predicted molar refractivity (Wildman–Crippen MR) is 90.9 cm³/mol. The van der Waals surface area contributed by atoms with E-state index in [1.54, 1.807) is 0 Å². The SMILES string of the molecule is Cc1cc(C)n(CC(=O)N2CCC(n3c(C)cnc3C3CC3)C2)n1. The molecule has 2 fully saturated rings. The van der Waals surface area contributed by atoms with Gasteiger partial charge in [0.15, 0.2) is 0 Å². The molecule has 1 unspecified atom stereocenters. The van der Waals surface area contributed by atoms with Gasteiger partial charge < -0.3 is 9.47 Å². The molecule has 1 atom stereocenters. The highest BCUT2D eigenvalue weighted by Gasteiger charge is 2.34. The van der Waals surface area contributed by atoms with E-state index in [2.05, 4.69) is 21.6 Å². The van der Waals surface area contributed by atoms with Gasteiger partial charge in [-0.3, -0.25) is 9.48 Å². The third-order valence-corrected chi connectivity index (χ3v) is 5.22.